The van der Waals surface area contributed by atoms with Gasteiger partial charge in [0.25, 0.3) is 5.91 Å². The van der Waals surface area contributed by atoms with Gasteiger partial charge in [0.2, 0.25) is 0 Å². The largest absolute Gasteiger partial charge is 0.461 e. The average Bonchev–Trinajstić information content (AvgIpc) is 3.35. The van der Waals surface area contributed by atoms with Gasteiger partial charge in [0.15, 0.2) is 5.69 Å². The Bertz CT molecular complexity index is 1200. The highest BCUT2D eigenvalue weighted by molar-refractivity contribution is 7.21. The number of hydrogen-bond donors (Lipinski definition) is 1. The number of carbonyl (C=O) groups is 2. The lowest BCUT2D eigenvalue weighted by atomic mass is 10.2. The fourth-order valence-electron chi connectivity index (χ4n) is 2.83. The summed E-state index contributed by atoms with van der Waals surface area (Å²) >= 11 is 7.73. The lowest BCUT2D eigenvalue weighted by molar-refractivity contribution is 0.0519. The van der Waals surface area contributed by atoms with Crippen LogP contribution in [-0.4, -0.2) is 28.3 Å². The van der Waals surface area contributed by atoms with Crippen molar-refractivity contribution in [3.05, 3.63) is 76.4 Å². The molecule has 0 aliphatic carbocycles. The second-order valence-corrected chi connectivity index (χ2v) is 7.54. The van der Waals surface area contributed by atoms with Gasteiger partial charge in [-0.1, -0.05) is 29.8 Å². The van der Waals surface area contributed by atoms with Crippen LogP contribution in [0.15, 0.2) is 60.8 Å². The number of rotatable bonds is 5. The molecule has 1 N–H and O–H groups in total. The molecular weight excluding hydrogens is 410 g/mol. The topological polar surface area (TPSA) is 73.2 Å². The van der Waals surface area contributed by atoms with Gasteiger partial charge in [-0.2, -0.15) is 5.10 Å². The summed E-state index contributed by atoms with van der Waals surface area (Å²) < 4.78 is 7.48. The number of carbonyl (C=O) groups excluding carboxylic acids is 2. The van der Waals surface area contributed by atoms with E-state index in [1.54, 1.807) is 48.1 Å². The lowest BCUT2D eigenvalue weighted by Crippen LogP contribution is -2.10. The van der Waals surface area contributed by atoms with E-state index in [0.717, 1.165) is 15.8 Å². The van der Waals surface area contributed by atoms with Gasteiger partial charge in [-0.05, 0) is 43.3 Å². The Balaban J connectivity index is 1.50. The molecule has 2 aromatic heterocycles. The summed E-state index contributed by atoms with van der Waals surface area (Å²) in [5.74, 6) is -0.719. The van der Waals surface area contributed by atoms with Crippen molar-refractivity contribution in [3.63, 3.8) is 0 Å². The number of amides is 1. The second-order valence-electron chi connectivity index (χ2n) is 6.11. The number of halogens is 1. The van der Waals surface area contributed by atoms with Gasteiger partial charge in [0.1, 0.15) is 4.88 Å². The zero-order chi connectivity index (χ0) is 20.4. The summed E-state index contributed by atoms with van der Waals surface area (Å²) in [6.45, 7) is 2.04. The van der Waals surface area contributed by atoms with E-state index in [1.165, 1.54) is 11.3 Å². The van der Waals surface area contributed by atoms with E-state index >= 15 is 0 Å². The summed E-state index contributed by atoms with van der Waals surface area (Å²) in [5, 5.41) is 8.41. The summed E-state index contributed by atoms with van der Waals surface area (Å²) in [6, 6.07) is 16.4. The molecule has 8 heteroatoms. The van der Waals surface area contributed by atoms with E-state index in [4.69, 9.17) is 16.3 Å². The van der Waals surface area contributed by atoms with Gasteiger partial charge in [-0.25, -0.2) is 9.48 Å². The van der Waals surface area contributed by atoms with Crippen LogP contribution in [0.25, 0.3) is 15.8 Å². The highest BCUT2D eigenvalue weighted by atomic mass is 35.5. The molecule has 0 radical (unpaired) electrons. The molecule has 2 heterocycles. The van der Waals surface area contributed by atoms with Gasteiger partial charge in [0, 0.05) is 22.0 Å². The molecule has 1 amide bonds. The average molecular weight is 426 g/mol. The van der Waals surface area contributed by atoms with Gasteiger partial charge >= 0.3 is 5.97 Å². The summed E-state index contributed by atoms with van der Waals surface area (Å²) in [6.07, 6.45) is 1.68. The Morgan fingerprint density at radius 1 is 1.14 bits per heavy atom. The first-order chi connectivity index (χ1) is 14.1. The van der Waals surface area contributed by atoms with Crippen molar-refractivity contribution >= 4 is 50.6 Å². The Labute approximate surface area is 175 Å². The minimum Gasteiger partial charge on any atom is -0.461 e. The predicted molar refractivity (Wildman–Crippen MR) is 114 cm³/mol. The van der Waals surface area contributed by atoms with Crippen molar-refractivity contribution in [2.75, 3.05) is 11.9 Å². The molecule has 0 unspecified atom stereocenters. The molecular formula is C21H16ClN3O3S. The number of hydrogen-bond acceptors (Lipinski definition) is 5. The number of benzene rings is 2. The first kappa shape index (κ1) is 19.2. The van der Waals surface area contributed by atoms with Crippen molar-refractivity contribution in [2.24, 2.45) is 0 Å². The maximum Gasteiger partial charge on any atom is 0.358 e. The van der Waals surface area contributed by atoms with Crippen LogP contribution in [0.3, 0.4) is 0 Å². The molecule has 0 aliphatic rings. The summed E-state index contributed by atoms with van der Waals surface area (Å²) in [5.41, 5.74) is 1.62. The summed E-state index contributed by atoms with van der Waals surface area (Å²) in [7, 11) is 0. The van der Waals surface area contributed by atoms with Crippen LogP contribution in [-0.2, 0) is 4.74 Å². The van der Waals surface area contributed by atoms with Crippen molar-refractivity contribution < 1.29 is 14.3 Å². The maximum absolute atomic E-state index is 12.6. The zero-order valence-corrected chi connectivity index (χ0v) is 17.0. The smallest absolute Gasteiger partial charge is 0.358 e. The molecule has 0 spiro atoms. The molecule has 4 aromatic rings. The molecule has 2 aromatic carbocycles. The summed E-state index contributed by atoms with van der Waals surface area (Å²) in [4.78, 5) is 24.9. The van der Waals surface area contributed by atoms with Crippen molar-refractivity contribution in [2.45, 2.75) is 6.92 Å². The lowest BCUT2D eigenvalue weighted by Gasteiger charge is -2.06. The number of ether oxygens (including phenoxy) is 1. The molecule has 4 rings (SSSR count). The Hall–Kier alpha value is -3.16. The highest BCUT2D eigenvalue weighted by Gasteiger charge is 2.17. The third-order valence-corrected chi connectivity index (χ3v) is 5.88. The van der Waals surface area contributed by atoms with Gasteiger partial charge in [-0.3, -0.25) is 4.79 Å². The molecule has 0 atom stereocenters. The minimum absolute atomic E-state index is 0.239. The van der Waals surface area contributed by atoms with Crippen LogP contribution in [0.1, 0.15) is 27.1 Å². The molecule has 0 bridgehead atoms. The van der Waals surface area contributed by atoms with Gasteiger partial charge in [-0.15, -0.1) is 11.3 Å². The Kier molecular flexibility index (Phi) is 5.33. The molecule has 0 aliphatic heterocycles. The number of esters is 1. The van der Waals surface area contributed by atoms with Crippen LogP contribution < -0.4 is 5.32 Å². The van der Waals surface area contributed by atoms with E-state index < -0.39 is 5.97 Å². The van der Waals surface area contributed by atoms with Crippen LogP contribution in [0, 0.1) is 0 Å². The number of fused-ring (bicyclic) bond motifs is 1. The van der Waals surface area contributed by atoms with Crippen molar-refractivity contribution in [1.82, 2.24) is 9.78 Å². The Morgan fingerprint density at radius 3 is 2.62 bits per heavy atom. The fraction of sp³-hybridized carbons (Fsp3) is 0.0952. The van der Waals surface area contributed by atoms with Crippen LogP contribution in [0.4, 0.5) is 5.69 Å². The number of thiophene rings is 1. The second kappa shape index (κ2) is 8.06. The van der Waals surface area contributed by atoms with Crippen LogP contribution >= 0.6 is 22.9 Å². The molecule has 0 saturated carbocycles. The fourth-order valence-corrected chi connectivity index (χ4v) is 4.24. The normalized spacial score (nSPS) is 10.8. The SMILES string of the molecule is CCOC(=O)c1ccn(-c2ccc(NC(=O)c3sc4ccccc4c3Cl)cc2)n1. The zero-order valence-electron chi connectivity index (χ0n) is 15.4. The number of anilines is 1. The van der Waals surface area contributed by atoms with Gasteiger partial charge in [0.05, 0.1) is 17.3 Å². The predicted octanol–water partition coefficient (Wildman–Crippen LogP) is 5.17. The van der Waals surface area contributed by atoms with E-state index in [9.17, 15) is 9.59 Å². The highest BCUT2D eigenvalue weighted by Crippen LogP contribution is 2.35. The van der Waals surface area contributed by atoms with Crippen LogP contribution in [0.5, 0.6) is 0 Å². The molecule has 29 heavy (non-hydrogen) atoms. The number of nitrogens with one attached hydrogen (secondary N) is 1. The molecule has 0 fully saturated rings. The van der Waals surface area contributed by atoms with E-state index in [0.29, 0.717) is 22.2 Å². The third-order valence-electron chi connectivity index (χ3n) is 4.20. The minimum atomic E-state index is -0.463. The first-order valence-electron chi connectivity index (χ1n) is 8.88. The van der Waals surface area contributed by atoms with Crippen molar-refractivity contribution in [3.8, 4) is 5.69 Å². The molecule has 6 nitrogen and oxygen atoms in total. The quantitative estimate of drug-likeness (QED) is 0.448. The Morgan fingerprint density at radius 2 is 1.90 bits per heavy atom. The first-order valence-corrected chi connectivity index (χ1v) is 10.1. The standard InChI is InChI=1S/C21H16ClN3O3S/c1-2-28-21(27)16-11-12-25(24-16)14-9-7-13(8-10-14)23-20(26)19-18(22)15-5-3-4-6-17(15)29-19/h3-12H,2H2,1H3,(H,23,26). The van der Waals surface area contributed by atoms with E-state index in [-0.39, 0.29) is 11.6 Å². The van der Waals surface area contributed by atoms with E-state index in [2.05, 4.69) is 10.4 Å². The third kappa shape index (κ3) is 3.87. The molecule has 146 valence electrons. The monoisotopic (exact) mass is 425 g/mol. The van der Waals surface area contributed by atoms with E-state index in [1.807, 2.05) is 24.3 Å². The van der Waals surface area contributed by atoms with Crippen LogP contribution in [0.2, 0.25) is 5.02 Å². The maximum atomic E-state index is 12.6. The molecule has 0 saturated heterocycles. The van der Waals surface area contributed by atoms with Gasteiger partial charge < -0.3 is 10.1 Å². The number of aromatic nitrogens is 2. The van der Waals surface area contributed by atoms with Crippen molar-refractivity contribution in [1.29, 1.82) is 0 Å². The number of nitrogens with zero attached hydrogens (tertiary/aromatic N) is 2.